The van der Waals surface area contributed by atoms with Gasteiger partial charge < -0.3 is 10.6 Å². The maximum absolute atomic E-state index is 12.6. The second kappa shape index (κ2) is 6.82. The molecule has 0 aliphatic heterocycles. The van der Waals surface area contributed by atoms with Crippen molar-refractivity contribution in [1.82, 2.24) is 4.90 Å². The van der Waals surface area contributed by atoms with E-state index in [9.17, 15) is 4.79 Å². The summed E-state index contributed by atoms with van der Waals surface area (Å²) in [7, 11) is 1.83. The van der Waals surface area contributed by atoms with Gasteiger partial charge in [0, 0.05) is 24.5 Å². The minimum Gasteiger partial charge on any atom is -0.337 e. The molecule has 0 fully saturated rings. The first kappa shape index (κ1) is 17.0. The first-order chi connectivity index (χ1) is 10.1. The molecule has 0 saturated carbocycles. The molecule has 2 N–H and O–H groups in total. The molecule has 3 nitrogen and oxygen atoms in total. The van der Waals surface area contributed by atoms with Gasteiger partial charge in [0.15, 0.2) is 0 Å². The second-order valence-corrected chi connectivity index (χ2v) is 6.68. The largest absolute Gasteiger partial charge is 0.337 e. The number of rotatable bonds is 3. The molecule has 1 unspecified atom stereocenters. The quantitative estimate of drug-likeness (QED) is 0.934. The van der Waals surface area contributed by atoms with Crippen LogP contribution in [-0.4, -0.2) is 30.4 Å². The summed E-state index contributed by atoms with van der Waals surface area (Å²) in [5.41, 5.74) is 9.63. The standard InChI is InChI=1S/C17H20N2OS.ClH/c1-11(10-18)19(2)17(20)15-9-13-8-7-12-5-3-4-6-14(12)16(13)21-15;/h3-6,9,11H,7-8,10,18H2,1-2H3;1H. The molecule has 1 heterocycles. The van der Waals surface area contributed by atoms with E-state index < -0.39 is 0 Å². The van der Waals surface area contributed by atoms with Crippen LogP contribution in [0.3, 0.4) is 0 Å². The van der Waals surface area contributed by atoms with Gasteiger partial charge in [0.05, 0.1) is 4.88 Å². The Bertz CT molecular complexity index is 683. The zero-order valence-corrected chi connectivity index (χ0v) is 14.5. The predicted octanol–water partition coefficient (Wildman–Crippen LogP) is 3.35. The van der Waals surface area contributed by atoms with Crippen molar-refractivity contribution in [1.29, 1.82) is 0 Å². The number of halogens is 1. The van der Waals surface area contributed by atoms with E-state index in [2.05, 4.69) is 30.3 Å². The fourth-order valence-electron chi connectivity index (χ4n) is 2.71. The van der Waals surface area contributed by atoms with E-state index in [1.54, 1.807) is 16.2 Å². The van der Waals surface area contributed by atoms with Gasteiger partial charge in [-0.15, -0.1) is 23.7 Å². The van der Waals surface area contributed by atoms with Crippen LogP contribution in [0.1, 0.15) is 27.7 Å². The van der Waals surface area contributed by atoms with Gasteiger partial charge in [-0.2, -0.15) is 0 Å². The summed E-state index contributed by atoms with van der Waals surface area (Å²) in [5, 5.41) is 0. The van der Waals surface area contributed by atoms with E-state index in [0.717, 1.165) is 17.7 Å². The first-order valence-corrected chi connectivity index (χ1v) is 8.11. The number of hydrogen-bond acceptors (Lipinski definition) is 3. The molecule has 1 atom stereocenters. The molecule has 1 aromatic carbocycles. The molecule has 1 aromatic heterocycles. The van der Waals surface area contributed by atoms with Gasteiger partial charge in [0.25, 0.3) is 5.91 Å². The summed E-state index contributed by atoms with van der Waals surface area (Å²) >= 11 is 1.61. The van der Waals surface area contributed by atoms with Crippen LogP contribution in [0.2, 0.25) is 0 Å². The molecule has 22 heavy (non-hydrogen) atoms. The Kier molecular flexibility index (Phi) is 5.27. The zero-order chi connectivity index (χ0) is 15.0. The van der Waals surface area contributed by atoms with Gasteiger partial charge in [-0.25, -0.2) is 0 Å². The van der Waals surface area contributed by atoms with Crippen LogP contribution in [0, 0.1) is 0 Å². The lowest BCUT2D eigenvalue weighted by Crippen LogP contribution is -2.39. The Morgan fingerprint density at radius 2 is 2.00 bits per heavy atom. The third-order valence-corrected chi connectivity index (χ3v) is 5.47. The summed E-state index contributed by atoms with van der Waals surface area (Å²) in [5.74, 6) is 0.0739. The van der Waals surface area contributed by atoms with E-state index in [1.165, 1.54) is 21.6 Å². The van der Waals surface area contributed by atoms with Crippen LogP contribution in [0.5, 0.6) is 0 Å². The van der Waals surface area contributed by atoms with Crippen LogP contribution < -0.4 is 5.73 Å². The fraction of sp³-hybridized carbons (Fsp3) is 0.353. The van der Waals surface area contributed by atoms with Crippen molar-refractivity contribution in [3.63, 3.8) is 0 Å². The van der Waals surface area contributed by atoms with Crippen molar-refractivity contribution in [3.05, 3.63) is 46.3 Å². The Hall–Kier alpha value is -1.36. The number of carbonyl (C=O) groups excluding carboxylic acids is 1. The van der Waals surface area contributed by atoms with E-state index in [-0.39, 0.29) is 24.4 Å². The summed E-state index contributed by atoms with van der Waals surface area (Å²) in [6.45, 7) is 2.46. The maximum Gasteiger partial charge on any atom is 0.263 e. The summed E-state index contributed by atoms with van der Waals surface area (Å²) in [4.78, 5) is 16.4. The monoisotopic (exact) mass is 336 g/mol. The number of nitrogens with two attached hydrogens (primary N) is 1. The Balaban J connectivity index is 0.00000176. The highest BCUT2D eigenvalue weighted by Crippen LogP contribution is 2.39. The number of nitrogens with zero attached hydrogens (tertiary/aromatic N) is 1. The minimum absolute atomic E-state index is 0. The average molecular weight is 337 g/mol. The van der Waals surface area contributed by atoms with E-state index in [4.69, 9.17) is 5.73 Å². The molecule has 1 amide bonds. The lowest BCUT2D eigenvalue weighted by atomic mass is 9.91. The van der Waals surface area contributed by atoms with Crippen molar-refractivity contribution < 1.29 is 4.79 Å². The molecule has 1 aliphatic rings. The van der Waals surface area contributed by atoms with Crippen molar-refractivity contribution >= 4 is 29.7 Å². The van der Waals surface area contributed by atoms with Gasteiger partial charge in [-0.1, -0.05) is 24.3 Å². The minimum atomic E-state index is 0. The first-order valence-electron chi connectivity index (χ1n) is 7.30. The summed E-state index contributed by atoms with van der Waals surface area (Å²) in [6, 6.07) is 10.6. The molecule has 2 aromatic rings. The molecular formula is C17H21ClN2OS. The molecule has 0 bridgehead atoms. The molecule has 3 rings (SSSR count). The topological polar surface area (TPSA) is 46.3 Å². The number of carbonyl (C=O) groups is 1. The fourth-order valence-corrected chi connectivity index (χ4v) is 3.96. The highest BCUT2D eigenvalue weighted by molar-refractivity contribution is 7.17. The SMILES string of the molecule is CC(CN)N(C)C(=O)c1cc2c(s1)-c1ccccc1CC2.Cl. The van der Waals surface area contributed by atoms with Crippen LogP contribution in [0.25, 0.3) is 10.4 Å². The smallest absolute Gasteiger partial charge is 0.263 e. The average Bonchev–Trinajstić information content (AvgIpc) is 2.97. The third kappa shape index (κ3) is 2.91. The van der Waals surface area contributed by atoms with Gasteiger partial charge in [0.1, 0.15) is 0 Å². The van der Waals surface area contributed by atoms with Crippen LogP contribution >= 0.6 is 23.7 Å². The molecular weight excluding hydrogens is 316 g/mol. The lowest BCUT2D eigenvalue weighted by molar-refractivity contribution is 0.0753. The third-order valence-electron chi connectivity index (χ3n) is 4.27. The number of likely N-dealkylation sites (N-methyl/N-ethyl adjacent to an activating group) is 1. The molecule has 0 saturated heterocycles. The lowest BCUT2D eigenvalue weighted by Gasteiger charge is -2.22. The van der Waals surface area contributed by atoms with E-state index in [0.29, 0.717) is 6.54 Å². The molecule has 5 heteroatoms. The number of fused-ring (bicyclic) bond motifs is 3. The Morgan fingerprint density at radius 3 is 2.73 bits per heavy atom. The van der Waals surface area contributed by atoms with Crippen molar-refractivity contribution in [2.45, 2.75) is 25.8 Å². The number of hydrogen-bond donors (Lipinski definition) is 1. The zero-order valence-electron chi connectivity index (χ0n) is 12.8. The highest BCUT2D eigenvalue weighted by Gasteiger charge is 2.24. The van der Waals surface area contributed by atoms with Crippen LogP contribution in [-0.2, 0) is 12.8 Å². The number of thiophene rings is 1. The molecule has 118 valence electrons. The summed E-state index contributed by atoms with van der Waals surface area (Å²) in [6.07, 6.45) is 2.08. The number of benzene rings is 1. The Morgan fingerprint density at radius 1 is 1.32 bits per heavy atom. The van der Waals surface area contributed by atoms with Crippen molar-refractivity contribution in [2.24, 2.45) is 5.73 Å². The van der Waals surface area contributed by atoms with Crippen LogP contribution in [0.15, 0.2) is 30.3 Å². The highest BCUT2D eigenvalue weighted by atomic mass is 35.5. The molecule has 1 aliphatic carbocycles. The van der Waals surface area contributed by atoms with Crippen molar-refractivity contribution in [2.75, 3.05) is 13.6 Å². The van der Waals surface area contributed by atoms with Gasteiger partial charge in [0.2, 0.25) is 0 Å². The van der Waals surface area contributed by atoms with Crippen molar-refractivity contribution in [3.8, 4) is 10.4 Å². The Labute approximate surface area is 141 Å². The van der Waals surface area contributed by atoms with Gasteiger partial charge in [-0.3, -0.25) is 4.79 Å². The van der Waals surface area contributed by atoms with Crippen LogP contribution in [0.4, 0.5) is 0 Å². The number of amides is 1. The maximum atomic E-state index is 12.6. The van der Waals surface area contributed by atoms with E-state index >= 15 is 0 Å². The molecule has 0 spiro atoms. The second-order valence-electron chi connectivity index (χ2n) is 5.62. The predicted molar refractivity (Wildman–Crippen MR) is 95.0 cm³/mol. The summed E-state index contributed by atoms with van der Waals surface area (Å²) < 4.78 is 0. The van der Waals surface area contributed by atoms with Gasteiger partial charge in [-0.05, 0) is 42.5 Å². The number of aryl methyl sites for hydroxylation is 2. The normalized spacial score (nSPS) is 13.6. The molecule has 0 radical (unpaired) electrons. The van der Waals surface area contributed by atoms with E-state index in [1.807, 2.05) is 14.0 Å². The van der Waals surface area contributed by atoms with Gasteiger partial charge >= 0.3 is 0 Å².